The summed E-state index contributed by atoms with van der Waals surface area (Å²) in [4.78, 5) is 25.1. The van der Waals surface area contributed by atoms with Crippen molar-refractivity contribution >= 4 is 13.7 Å². The van der Waals surface area contributed by atoms with Crippen LogP contribution in [-0.2, 0) is 18.4 Å². The Kier molecular flexibility index (Phi) is 36.3. The minimum atomic E-state index is -4.57. The molecule has 0 bridgehead atoms. The standard InChI is InChI=1S/C44H89N2O6P/c1-6-8-10-12-14-15-16-17-18-19-20-21-22-23-24-25-26-27-28-29-30-31-32-34-36-38-44(48)45-42(43(47)37-35-33-13-11-9-7-2)41-52-53(49,50)51-40-39-46(3,4)5/h35,37,42-43,47H,6-34,36,38-41H2,1-5H3,(H-,45,48,49,50)/b37-35+. The van der Waals surface area contributed by atoms with Crippen molar-refractivity contribution in [2.75, 3.05) is 40.9 Å². The van der Waals surface area contributed by atoms with Gasteiger partial charge < -0.3 is 28.8 Å². The van der Waals surface area contributed by atoms with Crippen LogP contribution in [0.15, 0.2) is 12.2 Å². The highest BCUT2D eigenvalue weighted by Gasteiger charge is 2.23. The maximum atomic E-state index is 12.8. The number of carbonyl (C=O) groups excluding carboxylic acids is 1. The van der Waals surface area contributed by atoms with Crippen LogP contribution in [0.1, 0.15) is 213 Å². The molecule has 0 fully saturated rings. The fourth-order valence-electron chi connectivity index (χ4n) is 6.62. The van der Waals surface area contributed by atoms with Gasteiger partial charge in [0.2, 0.25) is 5.91 Å². The number of carbonyl (C=O) groups is 1. The first-order valence-electron chi connectivity index (χ1n) is 22.6. The van der Waals surface area contributed by atoms with Gasteiger partial charge in [0.1, 0.15) is 13.2 Å². The van der Waals surface area contributed by atoms with E-state index in [0.29, 0.717) is 17.4 Å². The predicted octanol–water partition coefficient (Wildman–Crippen LogP) is 11.7. The van der Waals surface area contributed by atoms with Crippen molar-refractivity contribution in [2.24, 2.45) is 0 Å². The van der Waals surface area contributed by atoms with Crippen molar-refractivity contribution in [1.82, 2.24) is 5.32 Å². The molecule has 0 radical (unpaired) electrons. The SMILES string of the molecule is CCCCCC/C=C/C(O)C(COP(=O)([O-])OCC[N+](C)(C)C)NC(=O)CCCCCCCCCCCCCCCCCCCCCCCCCCC. The number of rotatable bonds is 41. The molecule has 0 heterocycles. The lowest BCUT2D eigenvalue weighted by Gasteiger charge is -2.29. The zero-order chi connectivity index (χ0) is 39.3. The normalized spacial score (nSPS) is 14.5. The van der Waals surface area contributed by atoms with Crippen LogP contribution in [0.4, 0.5) is 0 Å². The highest BCUT2D eigenvalue weighted by molar-refractivity contribution is 7.45. The summed E-state index contributed by atoms with van der Waals surface area (Å²) in [6.07, 6.45) is 41.6. The van der Waals surface area contributed by atoms with E-state index in [-0.39, 0.29) is 19.1 Å². The second-order valence-corrected chi connectivity index (χ2v) is 18.2. The number of phosphoric acid groups is 1. The number of likely N-dealkylation sites (N-methyl/N-ethyl adjacent to an activating group) is 1. The van der Waals surface area contributed by atoms with Crippen molar-refractivity contribution in [3.8, 4) is 0 Å². The number of aliphatic hydroxyl groups excluding tert-OH is 1. The van der Waals surface area contributed by atoms with Crippen LogP contribution in [0.25, 0.3) is 0 Å². The molecular weight excluding hydrogens is 683 g/mol. The zero-order valence-corrected chi connectivity index (χ0v) is 36.6. The summed E-state index contributed by atoms with van der Waals surface area (Å²) in [7, 11) is 1.27. The largest absolute Gasteiger partial charge is 0.756 e. The average Bonchev–Trinajstić information content (AvgIpc) is 3.10. The van der Waals surface area contributed by atoms with E-state index in [9.17, 15) is 19.4 Å². The number of hydrogen-bond donors (Lipinski definition) is 2. The van der Waals surface area contributed by atoms with Gasteiger partial charge in [-0.2, -0.15) is 0 Å². The topological polar surface area (TPSA) is 108 Å². The van der Waals surface area contributed by atoms with Crippen molar-refractivity contribution in [1.29, 1.82) is 0 Å². The molecule has 0 rings (SSSR count). The Morgan fingerprint density at radius 3 is 1.42 bits per heavy atom. The second kappa shape index (κ2) is 36.9. The third-order valence-corrected chi connectivity index (χ3v) is 11.2. The minimum Gasteiger partial charge on any atom is -0.756 e. The van der Waals surface area contributed by atoms with Gasteiger partial charge in [-0.1, -0.05) is 199 Å². The number of phosphoric ester groups is 1. The van der Waals surface area contributed by atoms with Gasteiger partial charge in [-0.3, -0.25) is 9.36 Å². The maximum Gasteiger partial charge on any atom is 0.268 e. The molecule has 0 aliphatic carbocycles. The Bertz CT molecular complexity index is 880. The van der Waals surface area contributed by atoms with Crippen LogP contribution < -0.4 is 10.2 Å². The number of nitrogens with one attached hydrogen (secondary N) is 1. The lowest BCUT2D eigenvalue weighted by atomic mass is 10.0. The molecule has 0 aromatic carbocycles. The lowest BCUT2D eigenvalue weighted by Crippen LogP contribution is -2.45. The number of unbranched alkanes of at least 4 members (excludes halogenated alkanes) is 28. The average molecular weight is 773 g/mol. The van der Waals surface area contributed by atoms with E-state index < -0.39 is 20.0 Å². The minimum absolute atomic E-state index is 0.00110. The molecule has 0 spiro atoms. The van der Waals surface area contributed by atoms with E-state index in [4.69, 9.17) is 9.05 Å². The van der Waals surface area contributed by atoms with E-state index in [1.54, 1.807) is 6.08 Å². The molecular formula is C44H89N2O6P. The quantitative estimate of drug-likeness (QED) is 0.0277. The summed E-state index contributed by atoms with van der Waals surface area (Å²) >= 11 is 0. The molecule has 3 unspecified atom stereocenters. The fraction of sp³-hybridized carbons (Fsp3) is 0.932. The number of allylic oxidation sites excluding steroid dienone is 1. The van der Waals surface area contributed by atoms with Crippen LogP contribution in [0.2, 0.25) is 0 Å². The molecule has 0 saturated carbocycles. The van der Waals surface area contributed by atoms with Crippen LogP contribution >= 0.6 is 7.82 Å². The first-order valence-corrected chi connectivity index (χ1v) is 24.0. The Balaban J connectivity index is 3.98. The maximum absolute atomic E-state index is 12.8. The molecule has 2 N–H and O–H groups in total. The van der Waals surface area contributed by atoms with E-state index in [2.05, 4.69) is 19.2 Å². The molecule has 8 nitrogen and oxygen atoms in total. The molecule has 0 aromatic heterocycles. The molecule has 9 heteroatoms. The van der Waals surface area contributed by atoms with Crippen LogP contribution in [-0.4, -0.2) is 68.5 Å². The van der Waals surface area contributed by atoms with Gasteiger partial charge in [0.25, 0.3) is 7.82 Å². The van der Waals surface area contributed by atoms with Crippen molar-refractivity contribution in [3.05, 3.63) is 12.2 Å². The molecule has 316 valence electrons. The van der Waals surface area contributed by atoms with Crippen LogP contribution in [0.5, 0.6) is 0 Å². The molecule has 0 aliphatic rings. The molecule has 1 amide bonds. The number of amides is 1. The van der Waals surface area contributed by atoms with Crippen LogP contribution in [0.3, 0.4) is 0 Å². The Hall–Kier alpha value is -0.760. The Morgan fingerprint density at radius 2 is 1.02 bits per heavy atom. The molecule has 0 aromatic rings. The van der Waals surface area contributed by atoms with Gasteiger partial charge in [-0.15, -0.1) is 0 Å². The number of aliphatic hydroxyl groups is 1. The Labute approximate surface area is 329 Å². The molecule has 0 saturated heterocycles. The van der Waals surface area contributed by atoms with Gasteiger partial charge in [0.15, 0.2) is 0 Å². The van der Waals surface area contributed by atoms with Gasteiger partial charge in [0, 0.05) is 6.42 Å². The van der Waals surface area contributed by atoms with Gasteiger partial charge in [-0.05, 0) is 19.3 Å². The van der Waals surface area contributed by atoms with Gasteiger partial charge in [0.05, 0.1) is 39.9 Å². The number of quaternary nitrogens is 1. The Morgan fingerprint density at radius 1 is 0.642 bits per heavy atom. The van der Waals surface area contributed by atoms with E-state index in [0.717, 1.165) is 44.9 Å². The molecule has 3 atom stereocenters. The van der Waals surface area contributed by atoms with E-state index >= 15 is 0 Å². The summed E-state index contributed by atoms with van der Waals surface area (Å²) < 4.78 is 23.0. The first-order chi connectivity index (χ1) is 25.5. The zero-order valence-electron chi connectivity index (χ0n) is 35.7. The summed E-state index contributed by atoms with van der Waals surface area (Å²) in [5, 5.41) is 13.6. The van der Waals surface area contributed by atoms with Gasteiger partial charge >= 0.3 is 0 Å². The number of hydrogen-bond acceptors (Lipinski definition) is 6. The highest BCUT2D eigenvalue weighted by atomic mass is 31.2. The van der Waals surface area contributed by atoms with E-state index in [1.165, 1.54) is 148 Å². The third kappa shape index (κ3) is 39.3. The highest BCUT2D eigenvalue weighted by Crippen LogP contribution is 2.38. The first kappa shape index (κ1) is 52.2. The van der Waals surface area contributed by atoms with Crippen molar-refractivity contribution < 1.29 is 32.9 Å². The van der Waals surface area contributed by atoms with Crippen LogP contribution in [0, 0.1) is 0 Å². The fourth-order valence-corrected chi connectivity index (χ4v) is 7.35. The smallest absolute Gasteiger partial charge is 0.268 e. The lowest BCUT2D eigenvalue weighted by molar-refractivity contribution is -0.870. The summed E-state index contributed by atoms with van der Waals surface area (Å²) in [5.74, 6) is -0.199. The van der Waals surface area contributed by atoms with E-state index in [1.807, 2.05) is 27.2 Å². The molecule has 0 aliphatic heterocycles. The van der Waals surface area contributed by atoms with Crippen molar-refractivity contribution in [3.63, 3.8) is 0 Å². The second-order valence-electron chi connectivity index (χ2n) is 16.8. The summed E-state index contributed by atoms with van der Waals surface area (Å²) in [6.45, 7) is 4.58. The number of nitrogens with zero attached hydrogens (tertiary/aromatic N) is 1. The molecule has 53 heavy (non-hydrogen) atoms. The van der Waals surface area contributed by atoms with Gasteiger partial charge in [-0.25, -0.2) is 0 Å². The monoisotopic (exact) mass is 773 g/mol. The summed E-state index contributed by atoms with van der Waals surface area (Å²) in [6, 6.07) is -0.877. The predicted molar refractivity (Wildman–Crippen MR) is 224 cm³/mol. The third-order valence-electron chi connectivity index (χ3n) is 10.2. The summed E-state index contributed by atoms with van der Waals surface area (Å²) in [5.41, 5.74) is 0. The van der Waals surface area contributed by atoms with Crippen molar-refractivity contribution in [2.45, 2.75) is 225 Å².